The van der Waals surface area contributed by atoms with E-state index >= 15 is 0 Å². The van der Waals surface area contributed by atoms with Gasteiger partial charge in [-0.2, -0.15) is 0 Å². The molecule has 0 saturated heterocycles. The van der Waals surface area contributed by atoms with Crippen molar-refractivity contribution in [1.29, 1.82) is 0 Å². The minimum absolute atomic E-state index is 0.187. The maximum absolute atomic E-state index is 13.1. The zero-order chi connectivity index (χ0) is 12.4. The summed E-state index contributed by atoms with van der Waals surface area (Å²) in [6.45, 7) is 6.70. The number of nitrogens with zero attached hydrogens (tertiary/aromatic N) is 1. The first-order valence-corrected chi connectivity index (χ1v) is 5.72. The first-order chi connectivity index (χ1) is 8.08. The summed E-state index contributed by atoms with van der Waals surface area (Å²) < 4.78 is 15.2. The van der Waals surface area contributed by atoms with E-state index in [1.807, 2.05) is 31.5 Å². The zero-order valence-electron chi connectivity index (χ0n) is 10.4. The topological polar surface area (TPSA) is 17.0 Å². The van der Waals surface area contributed by atoms with Crippen molar-refractivity contribution >= 4 is 0 Å². The van der Waals surface area contributed by atoms with E-state index in [1.54, 1.807) is 6.07 Å². The molecular formula is C14H17FN2. The Hall–Kier alpha value is -1.77. The smallest absolute Gasteiger partial charge is 0.123 e. The Kier molecular flexibility index (Phi) is 3.18. The minimum atomic E-state index is -0.187. The van der Waals surface area contributed by atoms with Gasteiger partial charge < -0.3 is 5.43 Å². The van der Waals surface area contributed by atoms with E-state index in [0.29, 0.717) is 6.54 Å². The molecule has 0 atom stereocenters. The molecule has 0 aliphatic carbocycles. The molecule has 0 amide bonds. The second-order valence-electron chi connectivity index (χ2n) is 4.36. The fourth-order valence-electron chi connectivity index (χ4n) is 1.91. The molecule has 0 unspecified atom stereocenters. The highest BCUT2D eigenvalue weighted by Crippen LogP contribution is 2.11. The molecule has 0 radical (unpaired) electrons. The van der Waals surface area contributed by atoms with E-state index in [2.05, 4.69) is 17.6 Å². The molecule has 0 saturated carbocycles. The molecule has 1 heterocycles. The van der Waals surface area contributed by atoms with Crippen LogP contribution in [-0.2, 0) is 6.54 Å². The highest BCUT2D eigenvalue weighted by Gasteiger charge is 2.03. The molecule has 2 nitrogen and oxygen atoms in total. The average molecular weight is 232 g/mol. The lowest BCUT2D eigenvalue weighted by Crippen LogP contribution is -2.17. The van der Waals surface area contributed by atoms with Crippen molar-refractivity contribution < 1.29 is 4.39 Å². The third-order valence-corrected chi connectivity index (χ3v) is 3.01. The fourth-order valence-corrected chi connectivity index (χ4v) is 1.91. The van der Waals surface area contributed by atoms with Crippen LogP contribution in [0.15, 0.2) is 30.3 Å². The van der Waals surface area contributed by atoms with Gasteiger partial charge in [0.15, 0.2) is 0 Å². The van der Waals surface area contributed by atoms with Crippen LogP contribution in [0.2, 0.25) is 0 Å². The van der Waals surface area contributed by atoms with Crippen molar-refractivity contribution in [2.24, 2.45) is 0 Å². The minimum Gasteiger partial charge on any atom is -0.322 e. The van der Waals surface area contributed by atoms with Crippen LogP contribution in [0, 0.1) is 26.6 Å². The van der Waals surface area contributed by atoms with Gasteiger partial charge in [-0.25, -0.2) is 4.39 Å². The number of aryl methyl sites for hydroxylation is 3. The molecule has 0 spiro atoms. The Morgan fingerprint density at radius 2 is 1.71 bits per heavy atom. The Labute approximate surface area is 101 Å². The molecule has 2 aromatic rings. The largest absolute Gasteiger partial charge is 0.322 e. The van der Waals surface area contributed by atoms with Crippen LogP contribution in [0.1, 0.15) is 22.5 Å². The number of hydrogen-bond donors (Lipinski definition) is 1. The molecule has 0 bridgehead atoms. The molecular weight excluding hydrogens is 215 g/mol. The van der Waals surface area contributed by atoms with Gasteiger partial charge in [0, 0.05) is 11.4 Å². The quantitative estimate of drug-likeness (QED) is 0.859. The second kappa shape index (κ2) is 4.62. The molecule has 0 aliphatic rings. The lowest BCUT2D eigenvalue weighted by Gasteiger charge is -2.14. The second-order valence-corrected chi connectivity index (χ2v) is 4.36. The average Bonchev–Trinajstić information content (AvgIpc) is 2.61. The predicted molar refractivity (Wildman–Crippen MR) is 68.1 cm³/mol. The number of rotatable bonds is 3. The maximum Gasteiger partial charge on any atom is 0.123 e. The highest BCUT2D eigenvalue weighted by atomic mass is 19.1. The summed E-state index contributed by atoms with van der Waals surface area (Å²) >= 11 is 0. The standard InChI is InChI=1S/C14H17FN2/c1-10-4-7-14(15)8-13(10)9-16-17-11(2)5-6-12(17)3/h4-8,16H,9H2,1-3H3. The van der Waals surface area contributed by atoms with Crippen LogP contribution in [0.5, 0.6) is 0 Å². The van der Waals surface area contributed by atoms with E-state index in [9.17, 15) is 4.39 Å². The number of hydrogen-bond acceptors (Lipinski definition) is 1. The third-order valence-electron chi connectivity index (χ3n) is 3.01. The van der Waals surface area contributed by atoms with Crippen LogP contribution in [0.25, 0.3) is 0 Å². The molecule has 0 fully saturated rings. The summed E-state index contributed by atoms with van der Waals surface area (Å²) in [5.74, 6) is -0.187. The molecule has 0 aliphatic heterocycles. The first-order valence-electron chi connectivity index (χ1n) is 5.72. The Morgan fingerprint density at radius 1 is 1.06 bits per heavy atom. The Bertz CT molecular complexity index is 510. The van der Waals surface area contributed by atoms with Gasteiger partial charge in [-0.3, -0.25) is 4.68 Å². The van der Waals surface area contributed by atoms with Crippen molar-refractivity contribution in [3.63, 3.8) is 0 Å². The third kappa shape index (κ3) is 2.49. The summed E-state index contributed by atoms with van der Waals surface area (Å²) in [6, 6.07) is 8.99. The summed E-state index contributed by atoms with van der Waals surface area (Å²) in [4.78, 5) is 0. The van der Waals surface area contributed by atoms with Gasteiger partial charge >= 0.3 is 0 Å². The molecule has 2 rings (SSSR count). The molecule has 1 N–H and O–H groups in total. The highest BCUT2D eigenvalue weighted by molar-refractivity contribution is 5.28. The molecule has 17 heavy (non-hydrogen) atoms. The number of aromatic nitrogens is 1. The molecule has 1 aromatic carbocycles. The van der Waals surface area contributed by atoms with Crippen LogP contribution in [-0.4, -0.2) is 4.68 Å². The lowest BCUT2D eigenvalue weighted by atomic mass is 10.1. The lowest BCUT2D eigenvalue weighted by molar-refractivity contribution is 0.624. The summed E-state index contributed by atoms with van der Waals surface area (Å²) in [5.41, 5.74) is 7.68. The van der Waals surface area contributed by atoms with E-state index in [-0.39, 0.29) is 5.82 Å². The van der Waals surface area contributed by atoms with Gasteiger partial charge in [-0.15, -0.1) is 0 Å². The molecule has 3 heteroatoms. The van der Waals surface area contributed by atoms with Crippen molar-refractivity contribution in [3.8, 4) is 0 Å². The van der Waals surface area contributed by atoms with Gasteiger partial charge in [0.05, 0.1) is 6.54 Å². The van der Waals surface area contributed by atoms with Crippen molar-refractivity contribution in [2.45, 2.75) is 27.3 Å². The van der Waals surface area contributed by atoms with E-state index in [0.717, 1.165) is 22.5 Å². The SMILES string of the molecule is Cc1ccc(F)cc1CNn1c(C)ccc1C. The van der Waals surface area contributed by atoms with Crippen molar-refractivity contribution in [2.75, 3.05) is 5.43 Å². The summed E-state index contributed by atoms with van der Waals surface area (Å²) in [7, 11) is 0. The number of halogens is 1. The Balaban J connectivity index is 2.15. The Morgan fingerprint density at radius 3 is 2.35 bits per heavy atom. The van der Waals surface area contributed by atoms with E-state index < -0.39 is 0 Å². The number of nitrogens with one attached hydrogen (secondary N) is 1. The van der Waals surface area contributed by atoms with Crippen LogP contribution >= 0.6 is 0 Å². The normalized spacial score (nSPS) is 10.6. The van der Waals surface area contributed by atoms with E-state index in [4.69, 9.17) is 0 Å². The maximum atomic E-state index is 13.1. The van der Waals surface area contributed by atoms with Crippen LogP contribution in [0.4, 0.5) is 4.39 Å². The molecule has 1 aromatic heterocycles. The van der Waals surface area contributed by atoms with Gasteiger partial charge in [0.2, 0.25) is 0 Å². The summed E-state index contributed by atoms with van der Waals surface area (Å²) in [5, 5.41) is 0. The zero-order valence-corrected chi connectivity index (χ0v) is 10.4. The first kappa shape index (κ1) is 11.7. The van der Waals surface area contributed by atoms with Gasteiger partial charge in [-0.05, 0) is 56.2 Å². The summed E-state index contributed by atoms with van der Waals surface area (Å²) in [6.07, 6.45) is 0. The van der Waals surface area contributed by atoms with E-state index in [1.165, 1.54) is 6.07 Å². The van der Waals surface area contributed by atoms with Gasteiger partial charge in [0.1, 0.15) is 5.82 Å². The van der Waals surface area contributed by atoms with Crippen LogP contribution in [0.3, 0.4) is 0 Å². The fraction of sp³-hybridized carbons (Fsp3) is 0.286. The van der Waals surface area contributed by atoms with Crippen molar-refractivity contribution in [1.82, 2.24) is 4.68 Å². The van der Waals surface area contributed by atoms with Gasteiger partial charge in [-0.1, -0.05) is 6.07 Å². The number of benzene rings is 1. The van der Waals surface area contributed by atoms with Gasteiger partial charge in [0.25, 0.3) is 0 Å². The van der Waals surface area contributed by atoms with Crippen molar-refractivity contribution in [3.05, 3.63) is 58.7 Å². The predicted octanol–water partition coefficient (Wildman–Crippen LogP) is 3.30. The van der Waals surface area contributed by atoms with Crippen LogP contribution < -0.4 is 5.43 Å². The monoisotopic (exact) mass is 232 g/mol. The molecule has 90 valence electrons.